The Morgan fingerprint density at radius 1 is 0.600 bits per heavy atom. The number of rotatable bonds is 20. The Morgan fingerprint density at radius 2 is 0.960 bits per heavy atom. The highest BCUT2D eigenvalue weighted by Crippen LogP contribution is 2.13. The maximum absolute atomic E-state index is 10.4. The highest BCUT2D eigenvalue weighted by molar-refractivity contribution is 5.66. The monoisotopic (exact) mass is 352 g/mol. The number of hydrogen-bond donors (Lipinski definition) is 1. The van der Waals surface area contributed by atoms with Crippen LogP contribution in [0.4, 0.5) is 0 Å². The molecule has 148 valence electrons. The van der Waals surface area contributed by atoms with E-state index in [4.69, 9.17) is 5.11 Å². The van der Waals surface area contributed by atoms with E-state index in [2.05, 4.69) is 19.1 Å². The molecule has 0 aliphatic carbocycles. The molecule has 25 heavy (non-hydrogen) atoms. The first-order valence-corrected chi connectivity index (χ1v) is 11.1. The predicted octanol–water partition coefficient (Wildman–Crippen LogP) is 8.06. The molecular formula is C23H44O2. The highest BCUT2D eigenvalue weighted by atomic mass is 16.4. The molecule has 2 nitrogen and oxygen atoms in total. The summed E-state index contributed by atoms with van der Waals surface area (Å²) >= 11 is 0. The van der Waals surface area contributed by atoms with Crippen LogP contribution in [0.1, 0.15) is 129 Å². The molecule has 0 radical (unpaired) electrons. The van der Waals surface area contributed by atoms with Crippen LogP contribution in [-0.2, 0) is 4.79 Å². The van der Waals surface area contributed by atoms with Crippen LogP contribution in [0.3, 0.4) is 0 Å². The maximum atomic E-state index is 10.4. The second kappa shape index (κ2) is 21.3. The van der Waals surface area contributed by atoms with Gasteiger partial charge in [-0.05, 0) is 32.1 Å². The number of unbranched alkanes of at least 4 members (excludes halogenated alkanes) is 16. The summed E-state index contributed by atoms with van der Waals surface area (Å²) in [5.41, 5.74) is 0. The second-order valence-corrected chi connectivity index (χ2v) is 7.50. The lowest BCUT2D eigenvalue weighted by Gasteiger charge is -2.02. The van der Waals surface area contributed by atoms with E-state index in [1.165, 1.54) is 103 Å². The Kier molecular flexibility index (Phi) is 20.6. The zero-order chi connectivity index (χ0) is 18.4. The maximum Gasteiger partial charge on any atom is 0.303 e. The summed E-state index contributed by atoms with van der Waals surface area (Å²) in [5.74, 6) is -0.655. The zero-order valence-electron chi connectivity index (χ0n) is 16.9. The summed E-state index contributed by atoms with van der Waals surface area (Å²) in [7, 11) is 0. The van der Waals surface area contributed by atoms with Gasteiger partial charge in [-0.15, -0.1) is 0 Å². The summed E-state index contributed by atoms with van der Waals surface area (Å²) < 4.78 is 0. The molecule has 0 saturated heterocycles. The van der Waals surface area contributed by atoms with Crippen molar-refractivity contribution in [3.63, 3.8) is 0 Å². The van der Waals surface area contributed by atoms with Gasteiger partial charge in [0.2, 0.25) is 0 Å². The molecule has 0 aromatic rings. The van der Waals surface area contributed by atoms with Gasteiger partial charge in [0.1, 0.15) is 0 Å². The zero-order valence-corrected chi connectivity index (χ0v) is 16.9. The first kappa shape index (κ1) is 24.2. The lowest BCUT2D eigenvalue weighted by Crippen LogP contribution is -1.93. The van der Waals surface area contributed by atoms with E-state index in [0.717, 1.165) is 12.8 Å². The summed E-state index contributed by atoms with van der Waals surface area (Å²) in [4.78, 5) is 10.4. The quantitative estimate of drug-likeness (QED) is 0.178. The van der Waals surface area contributed by atoms with Crippen molar-refractivity contribution in [3.05, 3.63) is 12.2 Å². The molecule has 0 spiro atoms. The van der Waals surface area contributed by atoms with Crippen LogP contribution in [0.25, 0.3) is 0 Å². The average molecular weight is 353 g/mol. The van der Waals surface area contributed by atoms with E-state index in [-0.39, 0.29) is 0 Å². The number of allylic oxidation sites excluding steroid dienone is 2. The Bertz CT molecular complexity index is 296. The molecule has 0 bridgehead atoms. The molecule has 2 heteroatoms. The van der Waals surface area contributed by atoms with Crippen LogP contribution in [0, 0.1) is 0 Å². The third kappa shape index (κ3) is 23.2. The van der Waals surface area contributed by atoms with Gasteiger partial charge in [-0.2, -0.15) is 0 Å². The van der Waals surface area contributed by atoms with Gasteiger partial charge < -0.3 is 5.11 Å². The van der Waals surface area contributed by atoms with Crippen molar-refractivity contribution in [1.29, 1.82) is 0 Å². The minimum atomic E-state index is -0.655. The molecule has 0 amide bonds. The average Bonchev–Trinajstić information content (AvgIpc) is 2.60. The largest absolute Gasteiger partial charge is 0.481 e. The molecule has 1 N–H and O–H groups in total. The normalized spacial score (nSPS) is 11.4. The predicted molar refractivity (Wildman–Crippen MR) is 110 cm³/mol. The van der Waals surface area contributed by atoms with E-state index < -0.39 is 5.97 Å². The summed E-state index contributed by atoms with van der Waals surface area (Å²) in [6.45, 7) is 2.27. The Hall–Kier alpha value is -0.790. The Labute approximate surface area is 157 Å². The van der Waals surface area contributed by atoms with Gasteiger partial charge in [-0.3, -0.25) is 4.79 Å². The van der Waals surface area contributed by atoms with Crippen molar-refractivity contribution in [2.45, 2.75) is 129 Å². The second-order valence-electron chi connectivity index (χ2n) is 7.50. The van der Waals surface area contributed by atoms with Crippen LogP contribution in [0.5, 0.6) is 0 Å². The summed E-state index contributed by atoms with van der Waals surface area (Å²) in [6.07, 6.45) is 28.6. The first-order chi connectivity index (χ1) is 12.3. The van der Waals surface area contributed by atoms with Gasteiger partial charge in [-0.1, -0.05) is 103 Å². The number of carbonyl (C=O) groups is 1. The van der Waals surface area contributed by atoms with Crippen molar-refractivity contribution < 1.29 is 9.90 Å². The third-order valence-corrected chi connectivity index (χ3v) is 4.90. The minimum absolute atomic E-state index is 0.341. The van der Waals surface area contributed by atoms with Crippen molar-refractivity contribution >= 4 is 5.97 Å². The molecule has 0 fully saturated rings. The molecule has 0 saturated carbocycles. The molecule has 0 rings (SSSR count). The topological polar surface area (TPSA) is 37.3 Å². The first-order valence-electron chi connectivity index (χ1n) is 11.1. The highest BCUT2D eigenvalue weighted by Gasteiger charge is 1.96. The molecule has 0 atom stereocenters. The van der Waals surface area contributed by atoms with Crippen molar-refractivity contribution in [3.8, 4) is 0 Å². The van der Waals surface area contributed by atoms with Gasteiger partial charge in [0.25, 0.3) is 0 Å². The van der Waals surface area contributed by atoms with Crippen LogP contribution >= 0.6 is 0 Å². The summed E-state index contributed by atoms with van der Waals surface area (Å²) in [5, 5.41) is 8.56. The van der Waals surface area contributed by atoms with Crippen LogP contribution in [-0.4, -0.2) is 11.1 Å². The SMILES string of the molecule is CCCCCCC/C=C\CCCCCCCCCCCCCC(=O)O. The fourth-order valence-electron chi connectivity index (χ4n) is 3.23. The van der Waals surface area contributed by atoms with E-state index >= 15 is 0 Å². The molecule has 0 unspecified atom stereocenters. The van der Waals surface area contributed by atoms with Gasteiger partial charge in [0.05, 0.1) is 0 Å². The van der Waals surface area contributed by atoms with Crippen LogP contribution in [0.2, 0.25) is 0 Å². The number of aliphatic carboxylic acids is 1. The Balaban J connectivity index is 3.05. The molecule has 0 aromatic heterocycles. The summed E-state index contributed by atoms with van der Waals surface area (Å²) in [6, 6.07) is 0. The lowest BCUT2D eigenvalue weighted by atomic mass is 10.0. The third-order valence-electron chi connectivity index (χ3n) is 4.90. The van der Waals surface area contributed by atoms with E-state index in [1.54, 1.807) is 0 Å². The number of carboxylic acids is 1. The number of carboxylic acid groups (broad SMARTS) is 1. The van der Waals surface area contributed by atoms with Crippen LogP contribution < -0.4 is 0 Å². The molecule has 0 aliphatic rings. The van der Waals surface area contributed by atoms with Gasteiger partial charge in [0, 0.05) is 6.42 Å². The Morgan fingerprint density at radius 3 is 1.36 bits per heavy atom. The van der Waals surface area contributed by atoms with Gasteiger partial charge in [0.15, 0.2) is 0 Å². The van der Waals surface area contributed by atoms with E-state index in [9.17, 15) is 4.79 Å². The molecule has 0 aromatic carbocycles. The smallest absolute Gasteiger partial charge is 0.303 e. The van der Waals surface area contributed by atoms with Crippen molar-refractivity contribution in [1.82, 2.24) is 0 Å². The van der Waals surface area contributed by atoms with Gasteiger partial charge >= 0.3 is 5.97 Å². The molecular weight excluding hydrogens is 308 g/mol. The molecule has 0 aliphatic heterocycles. The minimum Gasteiger partial charge on any atom is -0.481 e. The van der Waals surface area contributed by atoms with Crippen LogP contribution in [0.15, 0.2) is 12.2 Å². The standard InChI is InChI=1S/C23H44O2/c1-2-3-4-5-6-7-8-9-10-11-12-13-14-15-16-17-18-19-20-21-22-23(24)25/h8-9H,2-7,10-22H2,1H3,(H,24,25)/b9-8-. The van der Waals surface area contributed by atoms with E-state index in [0.29, 0.717) is 6.42 Å². The molecule has 0 heterocycles. The lowest BCUT2D eigenvalue weighted by molar-refractivity contribution is -0.137. The van der Waals surface area contributed by atoms with Crippen molar-refractivity contribution in [2.24, 2.45) is 0 Å². The fraction of sp³-hybridized carbons (Fsp3) is 0.870. The van der Waals surface area contributed by atoms with Crippen molar-refractivity contribution in [2.75, 3.05) is 0 Å². The van der Waals surface area contributed by atoms with E-state index in [1.807, 2.05) is 0 Å². The fourth-order valence-corrected chi connectivity index (χ4v) is 3.23. The number of hydrogen-bond acceptors (Lipinski definition) is 1. The van der Waals surface area contributed by atoms with Gasteiger partial charge in [-0.25, -0.2) is 0 Å².